The number of pyridine rings is 2. The lowest BCUT2D eigenvalue weighted by molar-refractivity contribution is 0.628. The molecule has 0 aliphatic heterocycles. The maximum Gasteiger partial charge on any atom is 0.142 e. The van der Waals surface area contributed by atoms with Crippen LogP contribution in [0.3, 0.4) is 0 Å². The number of aromatic amines is 1. The number of anilines is 1. The molecular formula is C22H17FN6S. The number of hydrogen-bond acceptors (Lipinski definition) is 6. The van der Waals surface area contributed by atoms with Crippen LogP contribution in [0.15, 0.2) is 55.0 Å². The third-order valence-corrected chi connectivity index (χ3v) is 5.70. The van der Waals surface area contributed by atoms with E-state index in [-0.39, 0.29) is 5.82 Å². The van der Waals surface area contributed by atoms with Crippen molar-refractivity contribution in [3.05, 3.63) is 77.2 Å². The molecule has 1 aromatic carbocycles. The molecule has 0 spiro atoms. The van der Waals surface area contributed by atoms with Crippen molar-refractivity contribution in [1.82, 2.24) is 24.9 Å². The number of hydrogen-bond donors (Lipinski definition) is 2. The average Bonchev–Trinajstić information content (AvgIpc) is 3.35. The van der Waals surface area contributed by atoms with Gasteiger partial charge >= 0.3 is 0 Å². The predicted molar refractivity (Wildman–Crippen MR) is 117 cm³/mol. The Morgan fingerprint density at radius 2 is 2.00 bits per heavy atom. The number of thiazole rings is 1. The van der Waals surface area contributed by atoms with Gasteiger partial charge in [-0.05, 0) is 36.8 Å². The van der Waals surface area contributed by atoms with Crippen molar-refractivity contribution >= 4 is 28.1 Å². The zero-order valence-corrected chi connectivity index (χ0v) is 16.9. The lowest BCUT2D eigenvalue weighted by Gasteiger charge is -2.05. The van der Waals surface area contributed by atoms with Crippen LogP contribution in [0.25, 0.3) is 32.9 Å². The number of aryl methyl sites for hydroxylation is 1. The molecule has 0 unspecified atom stereocenters. The minimum Gasteiger partial charge on any atom is -0.397 e. The van der Waals surface area contributed by atoms with Crippen molar-refractivity contribution in [2.45, 2.75) is 13.3 Å². The van der Waals surface area contributed by atoms with E-state index in [0.29, 0.717) is 17.9 Å². The van der Waals surface area contributed by atoms with Crippen LogP contribution in [0.1, 0.15) is 16.4 Å². The second-order valence-corrected chi connectivity index (χ2v) is 8.20. The second kappa shape index (κ2) is 7.31. The zero-order valence-electron chi connectivity index (χ0n) is 16.1. The van der Waals surface area contributed by atoms with Crippen LogP contribution in [-0.4, -0.2) is 24.9 Å². The molecule has 0 aliphatic carbocycles. The maximum atomic E-state index is 13.7. The van der Waals surface area contributed by atoms with Gasteiger partial charge in [0, 0.05) is 22.8 Å². The summed E-state index contributed by atoms with van der Waals surface area (Å²) in [5.41, 5.74) is 11.3. The Hall–Kier alpha value is -3.65. The molecule has 4 aromatic heterocycles. The summed E-state index contributed by atoms with van der Waals surface area (Å²) in [5.74, 6) is 0.411. The van der Waals surface area contributed by atoms with Gasteiger partial charge in [0.15, 0.2) is 0 Å². The molecule has 148 valence electrons. The first-order chi connectivity index (χ1) is 14.6. The molecule has 0 aliphatic rings. The predicted octanol–water partition coefficient (Wildman–Crippen LogP) is 4.76. The number of nitrogens with one attached hydrogen (secondary N) is 1. The van der Waals surface area contributed by atoms with Gasteiger partial charge in [0.25, 0.3) is 0 Å². The number of nitrogen functional groups attached to an aromatic ring is 1. The second-order valence-electron chi connectivity index (χ2n) is 6.96. The first-order valence-corrected chi connectivity index (χ1v) is 10.2. The van der Waals surface area contributed by atoms with E-state index < -0.39 is 0 Å². The van der Waals surface area contributed by atoms with Crippen molar-refractivity contribution in [3.63, 3.8) is 0 Å². The number of imidazole rings is 1. The monoisotopic (exact) mass is 416 g/mol. The van der Waals surface area contributed by atoms with Crippen LogP contribution in [-0.2, 0) is 6.42 Å². The van der Waals surface area contributed by atoms with Crippen LogP contribution >= 0.6 is 11.3 Å². The summed E-state index contributed by atoms with van der Waals surface area (Å²) in [5, 5.41) is 0.857. The number of rotatable bonds is 4. The highest BCUT2D eigenvalue weighted by Crippen LogP contribution is 2.28. The number of fused-ring (bicyclic) bond motifs is 1. The number of nitrogens with two attached hydrogens (primary N) is 1. The molecule has 0 amide bonds. The van der Waals surface area contributed by atoms with Crippen LogP contribution in [0.4, 0.5) is 10.1 Å². The third kappa shape index (κ3) is 3.42. The van der Waals surface area contributed by atoms with E-state index in [1.807, 2.05) is 31.3 Å². The van der Waals surface area contributed by atoms with E-state index in [0.717, 1.165) is 43.4 Å². The summed E-state index contributed by atoms with van der Waals surface area (Å²) in [6, 6.07) is 10.1. The van der Waals surface area contributed by atoms with Gasteiger partial charge in [0.05, 0.1) is 40.7 Å². The van der Waals surface area contributed by atoms with Gasteiger partial charge in [-0.2, -0.15) is 0 Å². The molecular weight excluding hydrogens is 399 g/mol. The minimum atomic E-state index is -0.300. The summed E-state index contributed by atoms with van der Waals surface area (Å²) in [6.07, 6.45) is 5.67. The summed E-state index contributed by atoms with van der Waals surface area (Å²) in [7, 11) is 0. The highest BCUT2D eigenvalue weighted by Gasteiger charge is 2.14. The van der Waals surface area contributed by atoms with E-state index in [1.165, 1.54) is 12.1 Å². The molecule has 3 N–H and O–H groups in total. The molecule has 5 aromatic rings. The van der Waals surface area contributed by atoms with Crippen molar-refractivity contribution in [3.8, 4) is 21.8 Å². The fourth-order valence-electron chi connectivity index (χ4n) is 3.34. The van der Waals surface area contributed by atoms with E-state index in [1.54, 1.807) is 29.8 Å². The molecule has 5 rings (SSSR count). The lowest BCUT2D eigenvalue weighted by Crippen LogP contribution is -2.01. The molecule has 0 bridgehead atoms. The Kier molecular flexibility index (Phi) is 4.48. The maximum absolute atomic E-state index is 13.7. The highest BCUT2D eigenvalue weighted by molar-refractivity contribution is 7.14. The Balaban J connectivity index is 1.53. The molecule has 6 nitrogen and oxygen atoms in total. The van der Waals surface area contributed by atoms with Gasteiger partial charge in [-0.3, -0.25) is 4.98 Å². The summed E-state index contributed by atoms with van der Waals surface area (Å²) < 4.78 is 13.7. The fraction of sp³-hybridized carbons (Fsp3) is 0.0909. The molecule has 0 atom stereocenters. The number of benzene rings is 1. The van der Waals surface area contributed by atoms with E-state index in [9.17, 15) is 4.39 Å². The van der Waals surface area contributed by atoms with Crippen molar-refractivity contribution in [1.29, 1.82) is 0 Å². The first-order valence-electron chi connectivity index (χ1n) is 9.33. The van der Waals surface area contributed by atoms with Gasteiger partial charge < -0.3 is 10.7 Å². The molecule has 8 heteroatoms. The molecule has 30 heavy (non-hydrogen) atoms. The average molecular weight is 416 g/mol. The van der Waals surface area contributed by atoms with Gasteiger partial charge in [0.1, 0.15) is 16.6 Å². The van der Waals surface area contributed by atoms with Gasteiger partial charge in [-0.1, -0.05) is 12.1 Å². The largest absolute Gasteiger partial charge is 0.397 e. The van der Waals surface area contributed by atoms with Crippen molar-refractivity contribution < 1.29 is 4.39 Å². The molecule has 4 heterocycles. The van der Waals surface area contributed by atoms with Gasteiger partial charge in [-0.15, -0.1) is 11.3 Å². The molecule has 0 saturated heterocycles. The lowest BCUT2D eigenvalue weighted by atomic mass is 10.1. The highest BCUT2D eigenvalue weighted by atomic mass is 32.1. The number of H-pyrrole nitrogens is 1. The van der Waals surface area contributed by atoms with E-state index in [2.05, 4.69) is 15.0 Å². The Morgan fingerprint density at radius 3 is 2.80 bits per heavy atom. The normalized spacial score (nSPS) is 11.3. The van der Waals surface area contributed by atoms with E-state index >= 15 is 0 Å². The van der Waals surface area contributed by atoms with Gasteiger partial charge in [0.2, 0.25) is 0 Å². The van der Waals surface area contributed by atoms with Crippen LogP contribution in [0.5, 0.6) is 0 Å². The Morgan fingerprint density at radius 1 is 1.10 bits per heavy atom. The number of halogens is 1. The number of aromatic nitrogens is 5. The molecule has 0 fully saturated rings. The SMILES string of the molecule is Cc1cnc(-c2ccc(N)c(Cc3nc4c(-c5cccc(F)c5)cncc4[nH]3)n2)s1. The quantitative estimate of drug-likeness (QED) is 0.440. The topological polar surface area (TPSA) is 93.4 Å². The molecule has 0 saturated carbocycles. The summed E-state index contributed by atoms with van der Waals surface area (Å²) in [4.78, 5) is 22.5. The molecule has 0 radical (unpaired) electrons. The van der Waals surface area contributed by atoms with Crippen LogP contribution in [0, 0.1) is 12.7 Å². The van der Waals surface area contributed by atoms with Gasteiger partial charge in [-0.25, -0.2) is 19.3 Å². The van der Waals surface area contributed by atoms with Crippen LogP contribution in [0.2, 0.25) is 0 Å². The van der Waals surface area contributed by atoms with Crippen molar-refractivity contribution in [2.75, 3.05) is 5.73 Å². The summed E-state index contributed by atoms with van der Waals surface area (Å²) >= 11 is 1.59. The minimum absolute atomic E-state index is 0.300. The Bertz CT molecular complexity index is 1370. The van der Waals surface area contributed by atoms with E-state index in [4.69, 9.17) is 15.7 Å². The standard InChI is InChI=1S/C22H17FN6S/c1-12-9-26-22(30-12)17-6-5-16(24)18(27-17)8-20-28-19-11-25-10-15(21(19)29-20)13-3-2-4-14(23)7-13/h2-7,9-11H,8,24H2,1H3,(H,28,29). The smallest absolute Gasteiger partial charge is 0.142 e. The number of nitrogens with zero attached hydrogens (tertiary/aromatic N) is 4. The van der Waals surface area contributed by atoms with Crippen LogP contribution < -0.4 is 5.73 Å². The third-order valence-electron chi connectivity index (χ3n) is 4.76. The zero-order chi connectivity index (χ0) is 20.7. The first kappa shape index (κ1) is 18.4. The fourth-order valence-corrected chi connectivity index (χ4v) is 4.07. The van der Waals surface area contributed by atoms with Crippen molar-refractivity contribution in [2.24, 2.45) is 0 Å². The Labute approximate surface area is 175 Å². The summed E-state index contributed by atoms with van der Waals surface area (Å²) in [6.45, 7) is 2.01.